The van der Waals surface area contributed by atoms with Crippen molar-refractivity contribution < 1.29 is 4.79 Å². The monoisotopic (exact) mass is 193 g/mol. The lowest BCUT2D eigenvalue weighted by Gasteiger charge is -2.39. The smallest absolute Gasteiger partial charge is 0.221 e. The highest BCUT2D eigenvalue weighted by molar-refractivity contribution is 5.81. The molecule has 14 heavy (non-hydrogen) atoms. The van der Waals surface area contributed by atoms with Crippen LogP contribution in [0.25, 0.3) is 0 Å². The summed E-state index contributed by atoms with van der Waals surface area (Å²) in [5.74, 6) is 1.82. The quantitative estimate of drug-likeness (QED) is 0.679. The first-order valence-electron chi connectivity index (χ1n) is 5.79. The number of fused-ring (bicyclic) bond motifs is 3. The molecule has 3 saturated carbocycles. The van der Waals surface area contributed by atoms with Gasteiger partial charge in [-0.25, -0.2) is 0 Å². The Bertz CT molecular complexity index is 309. The van der Waals surface area contributed by atoms with Crippen LogP contribution >= 0.6 is 0 Å². The fourth-order valence-corrected chi connectivity index (χ4v) is 4.81. The molecule has 2 N–H and O–H groups in total. The number of carbonyl (C=O) groups excluding carboxylic acids is 1. The van der Waals surface area contributed by atoms with E-state index in [0.717, 1.165) is 18.3 Å². The third-order valence-electron chi connectivity index (χ3n) is 5.73. The van der Waals surface area contributed by atoms with E-state index in [-0.39, 0.29) is 11.8 Å². The van der Waals surface area contributed by atoms with E-state index >= 15 is 0 Å². The SMILES string of the molecule is CC1(C)[C@@H]2CC[C@H](C2)[C@@]12C[C@@H]2C(N)=O. The molecule has 3 aliphatic carbocycles. The van der Waals surface area contributed by atoms with Gasteiger partial charge in [0.25, 0.3) is 0 Å². The van der Waals surface area contributed by atoms with Gasteiger partial charge in [-0.15, -0.1) is 0 Å². The molecule has 0 aliphatic heterocycles. The minimum atomic E-state index is -0.0503. The van der Waals surface area contributed by atoms with Crippen LogP contribution < -0.4 is 5.73 Å². The van der Waals surface area contributed by atoms with Crippen LogP contribution in [0.5, 0.6) is 0 Å². The third kappa shape index (κ3) is 0.697. The van der Waals surface area contributed by atoms with Crippen LogP contribution in [-0.4, -0.2) is 5.91 Å². The molecule has 3 rings (SSSR count). The van der Waals surface area contributed by atoms with Crippen LogP contribution in [0.2, 0.25) is 0 Å². The second kappa shape index (κ2) is 2.17. The van der Waals surface area contributed by atoms with Crippen molar-refractivity contribution in [1.29, 1.82) is 0 Å². The van der Waals surface area contributed by atoms with E-state index in [1.165, 1.54) is 19.3 Å². The summed E-state index contributed by atoms with van der Waals surface area (Å²) in [6.07, 6.45) is 5.16. The van der Waals surface area contributed by atoms with Crippen molar-refractivity contribution >= 4 is 5.91 Å². The van der Waals surface area contributed by atoms with Crippen LogP contribution in [0, 0.1) is 28.6 Å². The lowest BCUT2D eigenvalue weighted by molar-refractivity contribution is -0.121. The largest absolute Gasteiger partial charge is 0.369 e. The number of nitrogens with two attached hydrogens (primary N) is 1. The molecule has 3 aliphatic rings. The van der Waals surface area contributed by atoms with Crippen molar-refractivity contribution in [2.75, 3.05) is 0 Å². The van der Waals surface area contributed by atoms with Gasteiger partial charge in [0.05, 0.1) is 0 Å². The van der Waals surface area contributed by atoms with E-state index in [9.17, 15) is 4.79 Å². The number of amides is 1. The summed E-state index contributed by atoms with van der Waals surface area (Å²) in [6, 6.07) is 0. The normalized spacial score (nSPS) is 52.6. The van der Waals surface area contributed by atoms with Gasteiger partial charge < -0.3 is 5.73 Å². The number of rotatable bonds is 1. The zero-order chi connectivity index (χ0) is 10.1. The average molecular weight is 193 g/mol. The van der Waals surface area contributed by atoms with E-state index in [1.54, 1.807) is 0 Å². The minimum absolute atomic E-state index is 0.0503. The molecule has 0 heterocycles. The lowest BCUT2D eigenvalue weighted by Crippen LogP contribution is -2.36. The van der Waals surface area contributed by atoms with Crippen molar-refractivity contribution in [2.45, 2.75) is 39.5 Å². The average Bonchev–Trinajstić information content (AvgIpc) is 2.60. The first-order chi connectivity index (χ1) is 6.50. The Morgan fingerprint density at radius 2 is 1.93 bits per heavy atom. The van der Waals surface area contributed by atoms with Gasteiger partial charge in [0.1, 0.15) is 0 Å². The van der Waals surface area contributed by atoms with Crippen LogP contribution in [0.1, 0.15) is 39.5 Å². The van der Waals surface area contributed by atoms with Crippen LogP contribution in [0.15, 0.2) is 0 Å². The summed E-state index contributed by atoms with van der Waals surface area (Å²) >= 11 is 0. The summed E-state index contributed by atoms with van der Waals surface area (Å²) in [6.45, 7) is 4.72. The predicted molar refractivity (Wildman–Crippen MR) is 54.3 cm³/mol. The molecule has 3 fully saturated rings. The number of hydrogen-bond donors (Lipinski definition) is 1. The van der Waals surface area contributed by atoms with E-state index in [2.05, 4.69) is 13.8 Å². The molecule has 0 aromatic rings. The number of carbonyl (C=O) groups is 1. The number of hydrogen-bond acceptors (Lipinski definition) is 1. The highest BCUT2D eigenvalue weighted by Crippen LogP contribution is 2.79. The molecule has 0 aromatic carbocycles. The van der Waals surface area contributed by atoms with Crippen LogP contribution in [-0.2, 0) is 4.79 Å². The Morgan fingerprint density at radius 1 is 1.29 bits per heavy atom. The first-order valence-corrected chi connectivity index (χ1v) is 5.79. The van der Waals surface area contributed by atoms with Gasteiger partial charge in [-0.1, -0.05) is 13.8 Å². The van der Waals surface area contributed by atoms with E-state index < -0.39 is 0 Å². The molecule has 0 aromatic heterocycles. The molecule has 0 unspecified atom stereocenters. The molecule has 1 spiro atoms. The maximum Gasteiger partial charge on any atom is 0.221 e. The fraction of sp³-hybridized carbons (Fsp3) is 0.917. The van der Waals surface area contributed by atoms with Crippen LogP contribution in [0.3, 0.4) is 0 Å². The maximum atomic E-state index is 11.3. The molecule has 0 radical (unpaired) electrons. The summed E-state index contributed by atoms with van der Waals surface area (Å²) in [5.41, 5.74) is 6.16. The van der Waals surface area contributed by atoms with Gasteiger partial charge in [-0.05, 0) is 48.3 Å². The zero-order valence-corrected chi connectivity index (χ0v) is 9.05. The van der Waals surface area contributed by atoms with Gasteiger partial charge >= 0.3 is 0 Å². The predicted octanol–water partition coefficient (Wildman–Crippen LogP) is 1.93. The van der Waals surface area contributed by atoms with E-state index in [1.807, 2.05) is 0 Å². The number of primary amides is 1. The molecule has 1 amide bonds. The standard InChI is InChI=1S/C12H19NO/c1-11(2)7-3-4-8(5-7)12(11)6-9(12)10(13)14/h7-9H,3-6H2,1-2H3,(H2,13,14)/t7-,8-,9-,12-/m1/s1. The molecule has 78 valence electrons. The molecule has 4 atom stereocenters. The van der Waals surface area contributed by atoms with Gasteiger partial charge in [0.2, 0.25) is 5.91 Å². The third-order valence-corrected chi connectivity index (χ3v) is 5.73. The second-order valence-corrected chi connectivity index (χ2v) is 6.13. The Balaban J connectivity index is 1.98. The Labute approximate surface area is 85.2 Å². The Morgan fingerprint density at radius 3 is 2.36 bits per heavy atom. The van der Waals surface area contributed by atoms with Gasteiger partial charge in [0.15, 0.2) is 0 Å². The molecular formula is C12H19NO. The molecular weight excluding hydrogens is 174 g/mol. The zero-order valence-electron chi connectivity index (χ0n) is 9.05. The first kappa shape index (κ1) is 8.75. The molecule has 0 saturated heterocycles. The summed E-state index contributed by atoms with van der Waals surface area (Å²) in [5, 5.41) is 0. The highest BCUT2D eigenvalue weighted by Gasteiger charge is 2.75. The molecule has 2 nitrogen and oxygen atoms in total. The molecule has 2 heteroatoms. The topological polar surface area (TPSA) is 43.1 Å². The summed E-state index contributed by atoms with van der Waals surface area (Å²) < 4.78 is 0. The summed E-state index contributed by atoms with van der Waals surface area (Å²) in [4.78, 5) is 11.3. The fourth-order valence-electron chi connectivity index (χ4n) is 4.81. The van der Waals surface area contributed by atoms with Crippen molar-refractivity contribution in [2.24, 2.45) is 34.3 Å². The van der Waals surface area contributed by atoms with E-state index in [0.29, 0.717) is 10.8 Å². The van der Waals surface area contributed by atoms with Gasteiger partial charge in [-0.3, -0.25) is 4.79 Å². The van der Waals surface area contributed by atoms with Crippen molar-refractivity contribution in [1.82, 2.24) is 0 Å². The highest BCUT2D eigenvalue weighted by atomic mass is 16.1. The van der Waals surface area contributed by atoms with Crippen molar-refractivity contribution in [3.8, 4) is 0 Å². The van der Waals surface area contributed by atoms with Gasteiger partial charge in [0, 0.05) is 5.92 Å². The van der Waals surface area contributed by atoms with Crippen molar-refractivity contribution in [3.05, 3.63) is 0 Å². The second-order valence-electron chi connectivity index (χ2n) is 6.13. The minimum Gasteiger partial charge on any atom is -0.369 e. The Kier molecular flexibility index (Phi) is 1.36. The maximum absolute atomic E-state index is 11.3. The molecule has 2 bridgehead atoms. The lowest BCUT2D eigenvalue weighted by atomic mass is 9.65. The van der Waals surface area contributed by atoms with E-state index in [4.69, 9.17) is 5.73 Å². The van der Waals surface area contributed by atoms with Crippen LogP contribution in [0.4, 0.5) is 0 Å². The van der Waals surface area contributed by atoms with Crippen molar-refractivity contribution in [3.63, 3.8) is 0 Å². The summed E-state index contributed by atoms with van der Waals surface area (Å²) in [7, 11) is 0. The Hall–Kier alpha value is -0.530. The van der Waals surface area contributed by atoms with Gasteiger partial charge in [-0.2, -0.15) is 0 Å².